The molecule has 2 aromatic carbocycles. The molecule has 0 spiro atoms. The van der Waals surface area contributed by atoms with Crippen molar-refractivity contribution in [3.63, 3.8) is 0 Å². The highest BCUT2D eigenvalue weighted by Gasteiger charge is 2.18. The zero-order valence-corrected chi connectivity index (χ0v) is 11.7. The molecular formula is C16H17N3O2. The van der Waals surface area contributed by atoms with Gasteiger partial charge < -0.3 is 10.5 Å². The van der Waals surface area contributed by atoms with Gasteiger partial charge in [-0.05, 0) is 29.8 Å². The molecule has 0 aliphatic heterocycles. The van der Waals surface area contributed by atoms with E-state index in [0.29, 0.717) is 11.3 Å². The zero-order valence-electron chi connectivity index (χ0n) is 11.7. The SMILES string of the molecule is COc1ccc(C(=O)N(Cc2ccccc2)C(=N)N)cc1. The van der Waals surface area contributed by atoms with Gasteiger partial charge in [0.1, 0.15) is 5.75 Å². The van der Waals surface area contributed by atoms with Gasteiger partial charge in [-0.3, -0.25) is 15.1 Å². The van der Waals surface area contributed by atoms with E-state index in [0.717, 1.165) is 5.56 Å². The van der Waals surface area contributed by atoms with Gasteiger partial charge in [0, 0.05) is 5.56 Å². The van der Waals surface area contributed by atoms with Crippen molar-refractivity contribution in [2.24, 2.45) is 5.73 Å². The van der Waals surface area contributed by atoms with Crippen molar-refractivity contribution in [1.82, 2.24) is 4.90 Å². The Morgan fingerprint density at radius 2 is 1.76 bits per heavy atom. The molecule has 0 bridgehead atoms. The Bertz CT molecular complexity index is 624. The van der Waals surface area contributed by atoms with Gasteiger partial charge in [0.15, 0.2) is 5.96 Å². The second-order valence-corrected chi connectivity index (χ2v) is 4.49. The van der Waals surface area contributed by atoms with Crippen LogP contribution in [0.25, 0.3) is 0 Å². The Morgan fingerprint density at radius 3 is 2.29 bits per heavy atom. The third-order valence-corrected chi connectivity index (χ3v) is 3.06. The minimum atomic E-state index is -0.311. The fourth-order valence-electron chi connectivity index (χ4n) is 1.92. The fourth-order valence-corrected chi connectivity index (χ4v) is 1.92. The number of benzene rings is 2. The van der Waals surface area contributed by atoms with E-state index in [9.17, 15) is 4.79 Å². The maximum Gasteiger partial charge on any atom is 0.260 e. The summed E-state index contributed by atoms with van der Waals surface area (Å²) in [6.45, 7) is 0.265. The van der Waals surface area contributed by atoms with Gasteiger partial charge in [-0.25, -0.2) is 0 Å². The number of nitrogens with one attached hydrogen (secondary N) is 1. The molecule has 2 aromatic rings. The molecule has 0 saturated carbocycles. The number of nitrogens with two attached hydrogens (primary N) is 1. The number of hydrogen-bond donors (Lipinski definition) is 2. The third kappa shape index (κ3) is 3.60. The maximum absolute atomic E-state index is 12.5. The topological polar surface area (TPSA) is 79.4 Å². The van der Waals surface area contributed by atoms with Crippen molar-refractivity contribution >= 4 is 11.9 Å². The summed E-state index contributed by atoms with van der Waals surface area (Å²) in [4.78, 5) is 13.7. The first kappa shape index (κ1) is 14.6. The lowest BCUT2D eigenvalue weighted by atomic mass is 10.1. The van der Waals surface area contributed by atoms with Crippen LogP contribution >= 0.6 is 0 Å². The Kier molecular flexibility index (Phi) is 4.56. The molecule has 0 aromatic heterocycles. The number of carbonyl (C=O) groups excluding carboxylic acids is 1. The van der Waals surface area contributed by atoms with Crippen LogP contribution in [-0.2, 0) is 6.54 Å². The average molecular weight is 283 g/mol. The number of carbonyl (C=O) groups is 1. The number of guanidine groups is 1. The molecule has 5 heteroatoms. The molecule has 108 valence electrons. The van der Waals surface area contributed by atoms with Crippen LogP contribution in [0.4, 0.5) is 0 Å². The molecular weight excluding hydrogens is 266 g/mol. The molecule has 0 aliphatic carbocycles. The quantitative estimate of drug-likeness (QED) is 0.667. The van der Waals surface area contributed by atoms with Crippen molar-refractivity contribution in [3.05, 3.63) is 65.7 Å². The highest BCUT2D eigenvalue weighted by Crippen LogP contribution is 2.14. The Hall–Kier alpha value is -2.82. The van der Waals surface area contributed by atoms with Crippen molar-refractivity contribution in [2.45, 2.75) is 6.54 Å². The molecule has 3 N–H and O–H groups in total. The summed E-state index contributed by atoms with van der Waals surface area (Å²) in [5.74, 6) is 0.0812. The largest absolute Gasteiger partial charge is 0.497 e. The first-order chi connectivity index (χ1) is 10.1. The van der Waals surface area contributed by atoms with Crippen LogP contribution in [0.5, 0.6) is 5.75 Å². The molecule has 0 saturated heterocycles. The van der Waals surface area contributed by atoms with Gasteiger partial charge in [-0.15, -0.1) is 0 Å². The van der Waals surface area contributed by atoms with Crippen molar-refractivity contribution in [1.29, 1.82) is 5.41 Å². The molecule has 0 radical (unpaired) electrons. The normalized spacial score (nSPS) is 9.95. The van der Waals surface area contributed by atoms with E-state index in [2.05, 4.69) is 0 Å². The lowest BCUT2D eigenvalue weighted by Gasteiger charge is -2.21. The van der Waals surface area contributed by atoms with Gasteiger partial charge in [0.2, 0.25) is 0 Å². The molecule has 0 atom stereocenters. The number of amides is 1. The van der Waals surface area contributed by atoms with E-state index in [4.69, 9.17) is 15.9 Å². The lowest BCUT2D eigenvalue weighted by molar-refractivity contribution is 0.0837. The molecule has 0 fully saturated rings. The highest BCUT2D eigenvalue weighted by molar-refractivity contribution is 6.04. The predicted octanol–water partition coefficient (Wildman–Crippen LogP) is 2.23. The number of ether oxygens (including phenoxy) is 1. The molecule has 0 aliphatic rings. The van der Waals surface area contributed by atoms with E-state index in [-0.39, 0.29) is 18.4 Å². The highest BCUT2D eigenvalue weighted by atomic mass is 16.5. The van der Waals surface area contributed by atoms with Crippen LogP contribution in [0, 0.1) is 5.41 Å². The molecule has 1 amide bonds. The molecule has 2 rings (SSSR count). The summed E-state index contributed by atoms with van der Waals surface area (Å²) in [7, 11) is 1.56. The van der Waals surface area contributed by atoms with Gasteiger partial charge in [0.05, 0.1) is 13.7 Å². The Balaban J connectivity index is 2.21. The van der Waals surface area contributed by atoms with E-state index >= 15 is 0 Å². The zero-order chi connectivity index (χ0) is 15.2. The Morgan fingerprint density at radius 1 is 1.14 bits per heavy atom. The minimum Gasteiger partial charge on any atom is -0.497 e. The van der Waals surface area contributed by atoms with Crippen molar-refractivity contribution < 1.29 is 9.53 Å². The van der Waals surface area contributed by atoms with Gasteiger partial charge in [-0.2, -0.15) is 0 Å². The Labute approximate surface area is 123 Å². The van der Waals surface area contributed by atoms with Gasteiger partial charge in [0.25, 0.3) is 5.91 Å². The third-order valence-electron chi connectivity index (χ3n) is 3.06. The predicted molar refractivity (Wildman–Crippen MR) is 81.2 cm³/mol. The molecule has 5 nitrogen and oxygen atoms in total. The monoisotopic (exact) mass is 283 g/mol. The molecule has 21 heavy (non-hydrogen) atoms. The smallest absolute Gasteiger partial charge is 0.260 e. The minimum absolute atomic E-state index is 0.265. The summed E-state index contributed by atoms with van der Waals surface area (Å²) >= 11 is 0. The van der Waals surface area contributed by atoms with Crippen LogP contribution < -0.4 is 10.5 Å². The first-order valence-electron chi connectivity index (χ1n) is 6.45. The van der Waals surface area contributed by atoms with Crippen LogP contribution in [0.2, 0.25) is 0 Å². The summed E-state index contributed by atoms with van der Waals surface area (Å²) < 4.78 is 5.06. The summed E-state index contributed by atoms with van der Waals surface area (Å²) in [5.41, 5.74) is 6.91. The van der Waals surface area contributed by atoms with Crippen molar-refractivity contribution in [2.75, 3.05) is 7.11 Å². The maximum atomic E-state index is 12.5. The summed E-state index contributed by atoms with van der Waals surface area (Å²) in [5, 5.41) is 7.62. The van der Waals surface area contributed by atoms with E-state index in [1.807, 2.05) is 30.3 Å². The van der Waals surface area contributed by atoms with E-state index < -0.39 is 0 Å². The first-order valence-corrected chi connectivity index (χ1v) is 6.45. The van der Waals surface area contributed by atoms with E-state index in [1.54, 1.807) is 31.4 Å². The summed E-state index contributed by atoms with van der Waals surface area (Å²) in [6, 6.07) is 16.1. The van der Waals surface area contributed by atoms with Gasteiger partial charge in [-0.1, -0.05) is 30.3 Å². The standard InChI is InChI=1S/C16H17N3O2/c1-21-14-9-7-13(8-10-14)15(20)19(16(17)18)11-12-5-3-2-4-6-12/h2-10H,11H2,1H3,(H3,17,18). The number of rotatable bonds is 4. The average Bonchev–Trinajstić information content (AvgIpc) is 2.53. The van der Waals surface area contributed by atoms with Crippen molar-refractivity contribution in [3.8, 4) is 5.75 Å². The van der Waals surface area contributed by atoms with E-state index in [1.165, 1.54) is 4.90 Å². The van der Waals surface area contributed by atoms with Crippen LogP contribution in [0.1, 0.15) is 15.9 Å². The second kappa shape index (κ2) is 6.56. The second-order valence-electron chi connectivity index (χ2n) is 4.49. The number of methoxy groups -OCH3 is 1. The van der Waals surface area contributed by atoms with Crippen LogP contribution in [0.3, 0.4) is 0 Å². The summed E-state index contributed by atoms with van der Waals surface area (Å²) in [6.07, 6.45) is 0. The van der Waals surface area contributed by atoms with Crippen LogP contribution in [0.15, 0.2) is 54.6 Å². The molecule has 0 unspecified atom stereocenters. The van der Waals surface area contributed by atoms with Crippen LogP contribution in [-0.4, -0.2) is 23.9 Å². The number of nitrogens with zero attached hydrogens (tertiary/aromatic N) is 1. The number of hydrogen-bond acceptors (Lipinski definition) is 3. The van der Waals surface area contributed by atoms with Gasteiger partial charge >= 0.3 is 0 Å². The fraction of sp³-hybridized carbons (Fsp3) is 0.125. The molecule has 0 heterocycles. The lowest BCUT2D eigenvalue weighted by Crippen LogP contribution is -2.40.